The van der Waals surface area contributed by atoms with Gasteiger partial charge in [-0.1, -0.05) is 0 Å². The predicted molar refractivity (Wildman–Crippen MR) is 372 cm³/mol. The van der Waals surface area contributed by atoms with Crippen molar-refractivity contribution in [3.8, 4) is 11.1 Å². The molecule has 26 nitrogen and oxygen atoms in total. The monoisotopic (exact) mass is 1470 g/mol. The van der Waals surface area contributed by atoms with Gasteiger partial charge in [0.2, 0.25) is 0 Å². The number of aryl methyl sites for hydroxylation is 2. The highest BCUT2D eigenvalue weighted by Crippen LogP contribution is 2.41. The van der Waals surface area contributed by atoms with Crippen LogP contribution in [0.4, 0.5) is 40.8 Å². The van der Waals surface area contributed by atoms with Crippen LogP contribution >= 0.6 is 45.7 Å². The number of ether oxygens (including phenoxy) is 4. The van der Waals surface area contributed by atoms with Gasteiger partial charge in [-0.25, -0.2) is 38.9 Å². The van der Waals surface area contributed by atoms with E-state index in [0.29, 0.717) is 88.5 Å². The number of nitrogens with zero attached hydrogens (tertiary/aromatic N) is 12. The van der Waals surface area contributed by atoms with Gasteiger partial charge in [-0.2, -0.15) is 28.0 Å². The number of aldehydes is 2. The van der Waals surface area contributed by atoms with Crippen molar-refractivity contribution in [3.63, 3.8) is 0 Å². The largest absolute Gasteiger partial charge is 0.498 e. The summed E-state index contributed by atoms with van der Waals surface area (Å²) in [6.07, 6.45) is 8.98. The lowest BCUT2D eigenvalue weighted by Crippen LogP contribution is -2.42. The molecular formula is C66H84BIN12O14S2. The van der Waals surface area contributed by atoms with Crippen LogP contribution in [0.1, 0.15) is 192 Å². The van der Waals surface area contributed by atoms with E-state index in [9.17, 15) is 28.8 Å². The molecule has 11 heterocycles. The van der Waals surface area contributed by atoms with Crippen LogP contribution in [0.25, 0.3) is 22.4 Å². The Bertz CT molecular complexity index is 4130. The molecule has 2 atom stereocenters. The first-order chi connectivity index (χ1) is 44.8. The average Bonchev–Trinajstić information content (AvgIpc) is 1.55. The highest BCUT2D eigenvalue weighted by molar-refractivity contribution is 14.1. The van der Waals surface area contributed by atoms with E-state index in [0.717, 1.165) is 51.8 Å². The van der Waals surface area contributed by atoms with Crippen LogP contribution in [0.5, 0.6) is 0 Å². The summed E-state index contributed by atoms with van der Waals surface area (Å²) in [5.41, 5.74) is 2.66. The topological polar surface area (TPSA) is 283 Å². The van der Waals surface area contributed by atoms with Crippen LogP contribution in [0, 0.1) is 17.4 Å². The number of amides is 4. The Morgan fingerprint density at radius 2 is 1.03 bits per heavy atom. The summed E-state index contributed by atoms with van der Waals surface area (Å²) in [7, 11) is -0.470. The first-order valence-corrected chi connectivity index (χ1v) is 34.2. The van der Waals surface area contributed by atoms with E-state index < -0.39 is 41.7 Å². The van der Waals surface area contributed by atoms with Crippen molar-refractivity contribution in [2.24, 2.45) is 0 Å². The second-order valence-corrected chi connectivity index (χ2v) is 31.4. The molecule has 8 aromatic rings. The summed E-state index contributed by atoms with van der Waals surface area (Å²) in [6, 6.07) is 10.6. The van der Waals surface area contributed by atoms with Gasteiger partial charge in [-0.3, -0.25) is 9.59 Å². The van der Waals surface area contributed by atoms with Crippen LogP contribution in [0.2, 0.25) is 0 Å². The van der Waals surface area contributed by atoms with E-state index in [1.807, 2.05) is 128 Å². The first-order valence-electron chi connectivity index (χ1n) is 31.5. The Morgan fingerprint density at radius 3 is 1.45 bits per heavy atom. The molecule has 3 saturated heterocycles. The van der Waals surface area contributed by atoms with Crippen molar-refractivity contribution in [2.45, 2.75) is 196 Å². The fourth-order valence-corrected chi connectivity index (χ4v) is 12.5. The van der Waals surface area contributed by atoms with Crippen molar-refractivity contribution in [3.05, 3.63) is 99.2 Å². The van der Waals surface area contributed by atoms with E-state index in [-0.39, 0.29) is 46.7 Å². The first kappa shape index (κ1) is 72.5. The Morgan fingerprint density at radius 1 is 0.604 bits per heavy atom. The molecule has 8 aromatic heterocycles. The van der Waals surface area contributed by atoms with Gasteiger partial charge in [0.05, 0.1) is 62.5 Å². The lowest BCUT2D eigenvalue weighted by molar-refractivity contribution is 0.00578. The van der Waals surface area contributed by atoms with E-state index in [1.165, 1.54) is 45.4 Å². The minimum absolute atomic E-state index is 0.0283. The molecule has 2 unspecified atom stereocenters. The van der Waals surface area contributed by atoms with Gasteiger partial charge >= 0.3 is 31.5 Å². The Labute approximate surface area is 580 Å². The molecular weight excluding hydrogens is 1390 g/mol. The summed E-state index contributed by atoms with van der Waals surface area (Å²) in [6.45, 7) is 35.8. The molecule has 11 rings (SSSR count). The lowest BCUT2D eigenvalue weighted by atomic mass is 9.81. The Balaban J connectivity index is 0.000000185. The summed E-state index contributed by atoms with van der Waals surface area (Å²) in [5, 5.41) is 10.3. The minimum atomic E-state index is -0.765. The molecule has 514 valence electrons. The molecule has 3 fully saturated rings. The molecule has 0 spiro atoms. The molecule has 3 aliphatic heterocycles. The zero-order chi connectivity index (χ0) is 70.2. The summed E-state index contributed by atoms with van der Waals surface area (Å²) in [5.74, 6) is 1.19. The zero-order valence-corrected chi connectivity index (χ0v) is 61.4. The smallest absolute Gasteiger partial charge is 0.462 e. The molecule has 3 aliphatic rings. The second-order valence-electron chi connectivity index (χ2n) is 28.7. The number of anilines is 4. The number of likely N-dealkylation sites (tertiary alicyclic amines) is 2. The molecule has 4 amide bonds. The molecule has 0 radical (unpaired) electrons. The van der Waals surface area contributed by atoms with Gasteiger partial charge in [0.15, 0.2) is 35.4 Å². The average molecular weight is 1470 g/mol. The van der Waals surface area contributed by atoms with E-state index in [1.54, 1.807) is 64.1 Å². The van der Waals surface area contributed by atoms with Gasteiger partial charge in [-0.15, -0.1) is 0 Å². The van der Waals surface area contributed by atoms with Gasteiger partial charge < -0.3 is 46.9 Å². The second kappa shape index (κ2) is 28.3. The van der Waals surface area contributed by atoms with E-state index in [2.05, 4.69) is 41.5 Å². The molecule has 0 bridgehead atoms. The van der Waals surface area contributed by atoms with Crippen LogP contribution < -0.4 is 15.3 Å². The fourth-order valence-electron chi connectivity index (χ4n) is 10.5. The van der Waals surface area contributed by atoms with Gasteiger partial charge in [0.25, 0.3) is 0 Å². The fraction of sp³-hybridized carbons (Fsp3) is 0.515. The van der Waals surface area contributed by atoms with Crippen LogP contribution in [0.15, 0.2) is 70.2 Å². The van der Waals surface area contributed by atoms with Gasteiger partial charge in [0, 0.05) is 66.7 Å². The van der Waals surface area contributed by atoms with Gasteiger partial charge in [0.1, 0.15) is 44.0 Å². The van der Waals surface area contributed by atoms with E-state index >= 15 is 0 Å². The molecule has 30 heteroatoms. The third-order valence-electron chi connectivity index (χ3n) is 15.5. The van der Waals surface area contributed by atoms with Crippen LogP contribution in [-0.2, 0) is 28.3 Å². The number of aromatic nitrogens is 8. The van der Waals surface area contributed by atoms with Crippen LogP contribution in [0.3, 0.4) is 0 Å². The number of furan rings is 2. The van der Waals surface area contributed by atoms with Crippen molar-refractivity contribution in [1.29, 1.82) is 0 Å². The molecule has 0 aromatic carbocycles. The minimum Gasteiger partial charge on any atom is -0.462 e. The number of rotatable bonds is 10. The molecule has 0 aliphatic carbocycles. The summed E-state index contributed by atoms with van der Waals surface area (Å²) >= 11 is 4.58. The number of carbonyl (C=O) groups excluding carboxylic acids is 6. The summed E-state index contributed by atoms with van der Waals surface area (Å²) < 4.78 is 57.8. The number of piperidine rings is 2. The number of hydrogen-bond donors (Lipinski definition) is 0. The highest BCUT2D eigenvalue weighted by Gasteiger charge is 2.52. The molecule has 0 N–H and O–H groups in total. The standard InChI is InChI=1S/C30H36N6O6S.C25H33IN6O4S.C11H15BO4/c1-18-11-25(43-33-18)35(28(39)42-30(5,6)7)24-13-23(19-9-8-10-34(15-19)27(38)41-29(2,3)4)32-26-22(14-31-36(24)26)20-12-21(16-37)40-17-20;1-15-11-20(37-29-15)31(23(34)36-25(5,6)7)19-12-18(28-21-17(26)13-27-32(19)21)16-9-8-10-30(14-16)22(33)35-24(2,3)4;1-10(2)11(3,4)16-12(15-10)8-5-9(6-13)14-7-8/h11-14,16-17,19H,8-10,15H2,1-7H3;11-13,16H,8-10,14H2,1-7H3;5-7H,1-4H3. The summed E-state index contributed by atoms with van der Waals surface area (Å²) in [4.78, 5) is 91.3. The third-order valence-corrected chi connectivity index (χ3v) is 18.0. The van der Waals surface area contributed by atoms with Crippen molar-refractivity contribution in [2.75, 3.05) is 36.0 Å². The highest BCUT2D eigenvalue weighted by atomic mass is 127. The number of carbonyl (C=O) groups is 6. The SMILES string of the molecule is CC1(C)OB(c2coc(C=O)c2)OC1(C)C.Cc1cc(N(C(=O)OC(C)(C)C)c2cc(C3CCCN(C(=O)OC(C)(C)C)C3)nc3c(-c4coc(C=O)c4)cnn23)sn1.Cc1cc(N(C(=O)OC(C)(C)C)c2cc(C3CCCN(C(=O)OC(C)(C)C)C3)nc3c(I)cnn23)sn1. The number of fused-ring (bicyclic) bond motifs is 2. The van der Waals surface area contributed by atoms with Crippen molar-refractivity contribution in [1.82, 2.24) is 47.7 Å². The number of halogens is 1. The quantitative estimate of drug-likeness (QED) is 0.0532. The third kappa shape index (κ3) is 17.5. The van der Waals surface area contributed by atoms with E-state index in [4.69, 9.17) is 47.1 Å². The van der Waals surface area contributed by atoms with Crippen LogP contribution in [-0.4, -0.2) is 152 Å². The maximum absolute atomic E-state index is 13.8. The maximum atomic E-state index is 13.8. The Hall–Kier alpha value is -7.81. The Kier molecular flexibility index (Phi) is 21.4. The van der Waals surface area contributed by atoms with Crippen molar-refractivity contribution >= 4 is 128 Å². The molecule has 96 heavy (non-hydrogen) atoms. The maximum Gasteiger partial charge on any atom is 0.498 e. The number of hydrogen-bond acceptors (Lipinski definition) is 22. The normalized spacial score (nSPS) is 17.3. The molecule has 0 saturated carbocycles. The zero-order valence-electron chi connectivity index (χ0n) is 57.6. The van der Waals surface area contributed by atoms with Crippen molar-refractivity contribution < 1.29 is 65.9 Å². The lowest BCUT2D eigenvalue weighted by Gasteiger charge is -2.34. The predicted octanol–water partition coefficient (Wildman–Crippen LogP) is 14.4. The van der Waals surface area contributed by atoms with Gasteiger partial charge in [-0.05, 0) is 220 Å².